The fourth-order valence-corrected chi connectivity index (χ4v) is 15.3. The first-order valence-corrected chi connectivity index (χ1v) is 62.9. The molecule has 663 valence electrons. The number of halogens is 6. The van der Waals surface area contributed by atoms with Crippen LogP contribution in [-0.2, 0) is 47.8 Å². The van der Waals surface area contributed by atoms with Crippen LogP contribution in [0.1, 0.15) is 20.7 Å². The van der Waals surface area contributed by atoms with Crippen LogP contribution in [0, 0.1) is 6.07 Å². The van der Waals surface area contributed by atoms with Crippen molar-refractivity contribution in [2.45, 2.75) is 0 Å². The Morgan fingerprint density at radius 2 is 0.381 bits per heavy atom. The number of nitrogens with zero attached hydrogens (tertiary/aromatic N) is 13. The topological polar surface area (TPSA) is 202 Å². The SMILES string of the molecule is O=C(C(=O)c1ccccc1)c1ccccc1.[Cl][Re]([Cl])[Cl].[Cl][Re]([Cl])[Cl].[Re].[c-]1c(-c2ccccn2)cccc1-c1ccccn1.c1ccc(-c2cccc(-c3ccccn3)c2)nc1.c1ccc(-c2cccc(-c3ccccn3)n2)nc1.c1ccc(-c2cccc(-c3ccccn3)n2)nc1.c1ccc(-c2cccc(-c3ccccn3)n2)nc1.c1ccc([PH+](c2ccccc2)c2ccccc2)cc1. The van der Waals surface area contributed by atoms with Crippen LogP contribution in [0.3, 0.4) is 0 Å². The maximum atomic E-state index is 11.8. The van der Waals surface area contributed by atoms with Gasteiger partial charge in [-0.2, -0.15) is 0 Å². The van der Waals surface area contributed by atoms with E-state index in [2.05, 4.69) is 180 Å². The van der Waals surface area contributed by atoms with E-state index in [9.17, 15) is 9.59 Å². The fourth-order valence-electron chi connectivity index (χ4n) is 12.7. The molecule has 7 aromatic carbocycles. The number of pyridine rings is 13. The smallest absolute Gasteiger partial charge is 0.102 e. The molecule has 13 heterocycles. The summed E-state index contributed by atoms with van der Waals surface area (Å²) in [5.74, 6) is -0.932. The molecule has 0 aliphatic rings. The number of aromatic nitrogens is 13. The van der Waals surface area contributed by atoms with Crippen molar-refractivity contribution in [3.8, 4) is 113 Å². The summed E-state index contributed by atoms with van der Waals surface area (Å²) in [6.07, 6.45) is 17.8. The zero-order valence-corrected chi connectivity index (χ0v) is 85.0. The van der Waals surface area contributed by atoms with Gasteiger partial charge in [-0.25, -0.2) is 15.0 Å². The summed E-state index contributed by atoms with van der Waals surface area (Å²) in [5.41, 5.74) is 19.2. The Kier molecular flexibility index (Phi) is 43.5. The standard InChI is InChI=1S/C18H15P.C16H12N2.C16H11N2.3C15H11N3.C14H10O2.6ClH.3Re/c1-4-10-16(11-5-1)19(17-12-6-2-7-13-17)18-14-8-3-9-15-18;2*1-3-10-17-15(8-1)13-6-5-7-14(12-13)16-9-2-4-11-18-16;3*1-3-10-16-12(6-1)14-8-5-9-15(18-14)13-7-2-4-11-17-13;15-13(11-7-3-1-4-8-11)14(16)12-9-5-2-6-10-12;;;;;;;;;/h1-15H;1-12H;4*1-11H;1-10H;6*1H;;;/q;;-1;;;;;;;;;;;;2*+3/p-5. The van der Waals surface area contributed by atoms with Gasteiger partial charge in [0, 0.05) is 116 Å². The van der Waals surface area contributed by atoms with Gasteiger partial charge in [0.15, 0.2) is 0 Å². The molecule has 0 amide bonds. The molecule has 20 rings (SSSR count). The maximum absolute atomic E-state index is 11.8. The van der Waals surface area contributed by atoms with Crippen LogP contribution in [0.5, 0.6) is 0 Å². The van der Waals surface area contributed by atoms with Crippen molar-refractivity contribution in [3.05, 3.63) is 510 Å². The van der Waals surface area contributed by atoms with Crippen LogP contribution >= 0.6 is 65.1 Å². The van der Waals surface area contributed by atoms with E-state index in [0.717, 1.165) is 113 Å². The van der Waals surface area contributed by atoms with Gasteiger partial charge in [0.05, 0.1) is 87.6 Å². The first kappa shape index (κ1) is 102. The predicted octanol–water partition coefficient (Wildman–Crippen LogP) is 27.1. The van der Waals surface area contributed by atoms with Crippen LogP contribution in [0.15, 0.2) is 493 Å². The molecule has 0 saturated heterocycles. The van der Waals surface area contributed by atoms with Crippen molar-refractivity contribution in [1.29, 1.82) is 0 Å². The van der Waals surface area contributed by atoms with E-state index in [1.807, 2.05) is 285 Å². The first-order valence-electron chi connectivity index (χ1n) is 41.2. The quantitative estimate of drug-likeness (QED) is 0.0382. The van der Waals surface area contributed by atoms with Gasteiger partial charge in [-0.3, -0.25) is 59.4 Å². The van der Waals surface area contributed by atoms with Gasteiger partial charge in [-0.15, -0.1) is 24.3 Å². The number of hydrogen-bond donors (Lipinski definition) is 0. The molecule has 1 radical (unpaired) electrons. The molecule has 0 unspecified atom stereocenters. The summed E-state index contributed by atoms with van der Waals surface area (Å²) >= 11 is -4.09. The zero-order valence-electron chi connectivity index (χ0n) is 71.3. The fraction of sp³-hybridized carbons (Fsp3) is 0. The van der Waals surface area contributed by atoms with Crippen molar-refractivity contribution in [2.24, 2.45) is 0 Å². The van der Waals surface area contributed by atoms with E-state index in [-0.39, 0.29) is 20.4 Å². The van der Waals surface area contributed by atoms with E-state index in [0.29, 0.717) is 11.1 Å². The summed E-state index contributed by atoms with van der Waals surface area (Å²) in [6, 6.07) is 143. The van der Waals surface area contributed by atoms with E-state index < -0.39 is 46.9 Å². The van der Waals surface area contributed by atoms with Crippen molar-refractivity contribution >= 4 is 92.6 Å². The van der Waals surface area contributed by atoms with Gasteiger partial charge in [-0.1, -0.05) is 236 Å². The molecule has 134 heavy (non-hydrogen) atoms. The minimum Gasteiger partial charge on any atom is -0.295 e. The molecule has 25 heteroatoms. The molecule has 0 aliphatic carbocycles. The van der Waals surface area contributed by atoms with Crippen LogP contribution < -0.4 is 15.9 Å². The second-order valence-electron chi connectivity index (χ2n) is 27.6. The maximum Gasteiger partial charge on any atom is 0.102 e. The number of Topliss-reactive ketones (excluding diaryl/α,β-unsaturated/α-hetero) is 2. The number of carbonyl (C=O) groups is 2. The summed E-state index contributed by atoms with van der Waals surface area (Å²) < 4.78 is 0. The first-order chi connectivity index (χ1) is 65.4. The van der Waals surface area contributed by atoms with Gasteiger partial charge in [0.2, 0.25) is 11.6 Å². The summed E-state index contributed by atoms with van der Waals surface area (Å²) in [6.45, 7) is 0. The average Bonchev–Trinajstić information content (AvgIpc) is 0.833. The Balaban J connectivity index is 0.000000148. The van der Waals surface area contributed by atoms with E-state index in [1.165, 1.54) is 15.9 Å². The van der Waals surface area contributed by atoms with Gasteiger partial charge in [0.1, 0.15) is 15.9 Å². The van der Waals surface area contributed by atoms with Crippen LogP contribution in [0.25, 0.3) is 113 Å². The molecular formula is C109H82Cl6N13O2PRe3. The van der Waals surface area contributed by atoms with Gasteiger partial charge >= 0.3 is 84.6 Å². The number of rotatable bonds is 16. The molecule has 0 bridgehead atoms. The molecule has 0 N–H and O–H groups in total. The van der Waals surface area contributed by atoms with E-state index in [4.69, 9.17) is 57.2 Å². The predicted molar refractivity (Wildman–Crippen MR) is 540 cm³/mol. The third-order valence-corrected chi connectivity index (χ3v) is 21.5. The second kappa shape index (κ2) is 57.4. The van der Waals surface area contributed by atoms with Gasteiger partial charge < -0.3 is 0 Å². The van der Waals surface area contributed by atoms with Crippen molar-refractivity contribution in [2.75, 3.05) is 0 Å². The molecule has 20 aromatic rings. The van der Waals surface area contributed by atoms with Crippen molar-refractivity contribution in [3.63, 3.8) is 0 Å². The zero-order chi connectivity index (χ0) is 92.5. The average molecular weight is 2410 g/mol. The monoisotopic (exact) mass is 2410 g/mol. The molecule has 0 atom stereocenters. The molecule has 0 fully saturated rings. The normalized spacial score (nSPS) is 10.2. The Labute approximate surface area is 829 Å². The van der Waals surface area contributed by atoms with E-state index >= 15 is 0 Å². The summed E-state index contributed by atoms with van der Waals surface area (Å²) in [7, 11) is 29.1. The van der Waals surface area contributed by atoms with Crippen molar-refractivity contribution < 1.29 is 57.4 Å². The Morgan fingerprint density at radius 3 is 0.597 bits per heavy atom. The number of hydrogen-bond acceptors (Lipinski definition) is 15. The minimum atomic E-state index is -2.05. The Hall–Kier alpha value is -13.0. The van der Waals surface area contributed by atoms with Crippen LogP contribution in [-0.4, -0.2) is 76.4 Å². The molecule has 0 saturated carbocycles. The number of carbonyl (C=O) groups excluding carboxylic acids is 2. The Morgan fingerprint density at radius 1 is 0.201 bits per heavy atom. The molecule has 13 aromatic heterocycles. The third kappa shape index (κ3) is 33.9. The number of benzene rings is 7. The largest absolute Gasteiger partial charge is 0.295 e. The second-order valence-corrected chi connectivity index (χ2v) is 53.6. The summed E-state index contributed by atoms with van der Waals surface area (Å²) in [5, 5.41) is 4.31. The van der Waals surface area contributed by atoms with E-state index in [1.54, 1.807) is 98.1 Å². The molecular weight excluding hydrogens is 2330 g/mol. The summed E-state index contributed by atoms with van der Waals surface area (Å²) in [4.78, 5) is 80.6. The Bertz CT molecular complexity index is 5640. The van der Waals surface area contributed by atoms with Crippen molar-refractivity contribution in [1.82, 2.24) is 64.8 Å². The molecule has 0 spiro atoms. The molecule has 0 aliphatic heterocycles. The van der Waals surface area contributed by atoms with Crippen LogP contribution in [0.4, 0.5) is 0 Å². The van der Waals surface area contributed by atoms with Gasteiger partial charge in [0.25, 0.3) is 0 Å². The van der Waals surface area contributed by atoms with Gasteiger partial charge in [-0.05, 0) is 188 Å². The molecule has 15 nitrogen and oxygen atoms in total. The van der Waals surface area contributed by atoms with Crippen LogP contribution in [0.2, 0.25) is 0 Å². The number of ketones is 2. The third-order valence-electron chi connectivity index (χ3n) is 18.7. The minimum absolute atomic E-state index is 0.